The Kier molecular flexibility index (Phi) is 4.65. The third-order valence-corrected chi connectivity index (χ3v) is 4.97. The number of carbonyl (C=O) groups is 1. The number of nitrogens with one attached hydrogen (secondary N) is 2. The number of hydrogen-bond acceptors (Lipinski definition) is 4. The molecule has 3 heterocycles. The Morgan fingerprint density at radius 2 is 2.31 bits per heavy atom. The van der Waals surface area contributed by atoms with E-state index in [0.717, 1.165) is 37.0 Å². The third kappa shape index (κ3) is 3.20. The molecule has 8 heteroatoms. The number of hydrogen-bond donors (Lipinski definition) is 2. The summed E-state index contributed by atoms with van der Waals surface area (Å²) in [5, 5.41) is 11.3. The van der Waals surface area contributed by atoms with Crippen molar-refractivity contribution in [1.82, 2.24) is 24.6 Å². The number of carbonyl (C=O) groups excluding carboxylic acids is 1. The van der Waals surface area contributed by atoms with Crippen LogP contribution in [0.25, 0.3) is 11.0 Å². The molecule has 0 aliphatic carbocycles. The molecule has 26 heavy (non-hydrogen) atoms. The second-order valence-electron chi connectivity index (χ2n) is 6.45. The van der Waals surface area contributed by atoms with Gasteiger partial charge in [0.05, 0.1) is 17.1 Å². The van der Waals surface area contributed by atoms with E-state index in [1.54, 1.807) is 12.1 Å². The summed E-state index contributed by atoms with van der Waals surface area (Å²) in [5.41, 5.74) is 2.09. The van der Waals surface area contributed by atoms with Crippen LogP contribution in [-0.2, 0) is 6.54 Å². The summed E-state index contributed by atoms with van der Waals surface area (Å²) >= 11 is 6.05. The second kappa shape index (κ2) is 7.09. The fourth-order valence-electron chi connectivity index (χ4n) is 3.41. The van der Waals surface area contributed by atoms with E-state index in [1.807, 2.05) is 34.5 Å². The first-order chi connectivity index (χ1) is 12.7. The molecule has 136 valence electrons. The van der Waals surface area contributed by atoms with Gasteiger partial charge in [0.2, 0.25) is 5.95 Å². The minimum absolute atomic E-state index is 0.261. The maximum absolute atomic E-state index is 12.6. The quantitative estimate of drug-likeness (QED) is 0.737. The van der Waals surface area contributed by atoms with Gasteiger partial charge in [-0.05, 0) is 50.6 Å². The molecule has 1 saturated heterocycles. The maximum atomic E-state index is 12.6. The second-order valence-corrected chi connectivity index (χ2v) is 6.88. The minimum atomic E-state index is -0.261. The maximum Gasteiger partial charge on any atom is 0.278 e. The highest BCUT2D eigenvalue weighted by Crippen LogP contribution is 2.23. The molecule has 2 N–H and O–H groups in total. The molecule has 1 aliphatic heterocycles. The van der Waals surface area contributed by atoms with Gasteiger partial charge < -0.3 is 9.88 Å². The van der Waals surface area contributed by atoms with Crippen LogP contribution in [-0.4, -0.2) is 38.3 Å². The molecule has 1 aliphatic rings. The number of piperidine rings is 1. The van der Waals surface area contributed by atoms with Gasteiger partial charge in [-0.2, -0.15) is 5.10 Å². The summed E-state index contributed by atoms with van der Waals surface area (Å²) in [6.07, 6.45) is 4.06. The first-order valence-electron chi connectivity index (χ1n) is 8.88. The standard InChI is InChI=1S/C18H21ClN6O/c1-2-24-16-6-5-12(19)10-15(16)21-18(24)22-17(26)14-7-9-25(23-14)13-4-3-8-20-11-13/h5-7,9-10,13,20H,2-4,8,11H2,1H3,(H,21,22,26). The predicted octanol–water partition coefficient (Wildman–Crippen LogP) is 3.08. The lowest BCUT2D eigenvalue weighted by Gasteiger charge is -2.22. The Bertz CT molecular complexity index is 940. The number of fused-ring (bicyclic) bond motifs is 1. The van der Waals surface area contributed by atoms with E-state index in [1.165, 1.54) is 0 Å². The van der Waals surface area contributed by atoms with Crippen molar-refractivity contribution >= 4 is 34.5 Å². The van der Waals surface area contributed by atoms with Crippen LogP contribution in [0.2, 0.25) is 5.02 Å². The fraction of sp³-hybridized carbons (Fsp3) is 0.389. The van der Waals surface area contributed by atoms with Crippen LogP contribution in [0.15, 0.2) is 30.5 Å². The van der Waals surface area contributed by atoms with Gasteiger partial charge in [0.25, 0.3) is 5.91 Å². The van der Waals surface area contributed by atoms with E-state index in [2.05, 4.69) is 20.7 Å². The highest BCUT2D eigenvalue weighted by Gasteiger charge is 2.19. The van der Waals surface area contributed by atoms with Crippen molar-refractivity contribution in [2.45, 2.75) is 32.4 Å². The summed E-state index contributed by atoms with van der Waals surface area (Å²) in [6.45, 7) is 4.63. The monoisotopic (exact) mass is 372 g/mol. The topological polar surface area (TPSA) is 76.8 Å². The normalized spacial score (nSPS) is 17.5. The van der Waals surface area contributed by atoms with Crippen LogP contribution < -0.4 is 10.6 Å². The molecule has 0 saturated carbocycles. The van der Waals surface area contributed by atoms with Gasteiger partial charge in [-0.3, -0.25) is 14.8 Å². The van der Waals surface area contributed by atoms with Gasteiger partial charge in [-0.25, -0.2) is 4.98 Å². The molecule has 1 atom stereocenters. The van der Waals surface area contributed by atoms with Crippen molar-refractivity contribution in [3.05, 3.63) is 41.2 Å². The molecular formula is C18H21ClN6O. The summed E-state index contributed by atoms with van der Waals surface area (Å²) < 4.78 is 3.83. The number of amides is 1. The van der Waals surface area contributed by atoms with Gasteiger partial charge in [0.1, 0.15) is 0 Å². The van der Waals surface area contributed by atoms with Crippen molar-refractivity contribution in [1.29, 1.82) is 0 Å². The number of nitrogens with zero attached hydrogens (tertiary/aromatic N) is 4. The van der Waals surface area contributed by atoms with Crippen LogP contribution in [0.5, 0.6) is 0 Å². The Morgan fingerprint density at radius 3 is 3.08 bits per heavy atom. The Labute approximate surface area is 156 Å². The number of aromatic nitrogens is 4. The Morgan fingerprint density at radius 1 is 1.42 bits per heavy atom. The summed E-state index contributed by atoms with van der Waals surface area (Å²) in [4.78, 5) is 17.1. The molecule has 3 aromatic rings. The predicted molar refractivity (Wildman–Crippen MR) is 102 cm³/mol. The van der Waals surface area contributed by atoms with Gasteiger partial charge in [-0.15, -0.1) is 0 Å². The van der Waals surface area contributed by atoms with E-state index in [0.29, 0.717) is 29.3 Å². The van der Waals surface area contributed by atoms with Crippen LogP contribution in [0.4, 0.5) is 5.95 Å². The highest BCUT2D eigenvalue weighted by atomic mass is 35.5. The number of anilines is 1. The molecule has 1 fully saturated rings. The summed E-state index contributed by atoms with van der Waals surface area (Å²) in [6, 6.07) is 7.58. The molecule has 0 bridgehead atoms. The number of imidazole rings is 1. The highest BCUT2D eigenvalue weighted by molar-refractivity contribution is 6.31. The van der Waals surface area contributed by atoms with Crippen LogP contribution in [0.1, 0.15) is 36.3 Å². The molecule has 2 aromatic heterocycles. The van der Waals surface area contributed by atoms with E-state index in [-0.39, 0.29) is 5.91 Å². The lowest BCUT2D eigenvalue weighted by atomic mass is 10.1. The minimum Gasteiger partial charge on any atom is -0.315 e. The van der Waals surface area contributed by atoms with Gasteiger partial charge in [0, 0.05) is 24.3 Å². The molecule has 0 radical (unpaired) electrons. The van der Waals surface area contributed by atoms with Crippen LogP contribution in [0.3, 0.4) is 0 Å². The van der Waals surface area contributed by atoms with Gasteiger partial charge >= 0.3 is 0 Å². The number of halogens is 1. The van der Waals surface area contributed by atoms with E-state index in [9.17, 15) is 4.79 Å². The number of aryl methyl sites for hydroxylation is 1. The zero-order valence-electron chi connectivity index (χ0n) is 14.6. The van der Waals surface area contributed by atoms with E-state index in [4.69, 9.17) is 11.6 Å². The lowest BCUT2D eigenvalue weighted by molar-refractivity contribution is 0.101. The molecule has 7 nitrogen and oxygen atoms in total. The Hall–Kier alpha value is -2.38. The van der Waals surface area contributed by atoms with E-state index < -0.39 is 0 Å². The summed E-state index contributed by atoms with van der Waals surface area (Å²) in [5.74, 6) is 0.243. The molecule has 1 unspecified atom stereocenters. The largest absolute Gasteiger partial charge is 0.315 e. The molecule has 1 amide bonds. The molecule has 4 rings (SSSR count). The average molecular weight is 373 g/mol. The van der Waals surface area contributed by atoms with Gasteiger partial charge in [-0.1, -0.05) is 11.6 Å². The zero-order chi connectivity index (χ0) is 18.1. The van der Waals surface area contributed by atoms with Crippen molar-refractivity contribution in [2.75, 3.05) is 18.4 Å². The SMILES string of the molecule is CCn1c(NC(=O)c2ccn(C3CCCNC3)n2)nc2cc(Cl)ccc21. The third-order valence-electron chi connectivity index (χ3n) is 4.74. The van der Waals surface area contributed by atoms with Crippen molar-refractivity contribution in [3.8, 4) is 0 Å². The smallest absolute Gasteiger partial charge is 0.278 e. The molecule has 0 spiro atoms. The van der Waals surface area contributed by atoms with Crippen LogP contribution in [0, 0.1) is 0 Å². The van der Waals surface area contributed by atoms with Crippen molar-refractivity contribution in [3.63, 3.8) is 0 Å². The Balaban J connectivity index is 1.56. The first kappa shape index (κ1) is 17.1. The van der Waals surface area contributed by atoms with Crippen LogP contribution >= 0.6 is 11.6 Å². The number of benzene rings is 1. The average Bonchev–Trinajstić information content (AvgIpc) is 3.26. The summed E-state index contributed by atoms with van der Waals surface area (Å²) in [7, 11) is 0. The lowest BCUT2D eigenvalue weighted by Crippen LogP contribution is -2.32. The zero-order valence-corrected chi connectivity index (χ0v) is 15.3. The van der Waals surface area contributed by atoms with Crippen molar-refractivity contribution in [2.24, 2.45) is 0 Å². The van der Waals surface area contributed by atoms with Crippen molar-refractivity contribution < 1.29 is 4.79 Å². The number of rotatable bonds is 4. The van der Waals surface area contributed by atoms with E-state index >= 15 is 0 Å². The molecule has 1 aromatic carbocycles. The first-order valence-corrected chi connectivity index (χ1v) is 9.26. The van der Waals surface area contributed by atoms with Gasteiger partial charge in [0.15, 0.2) is 5.69 Å². The fourth-order valence-corrected chi connectivity index (χ4v) is 3.57. The molecular weight excluding hydrogens is 352 g/mol.